The topological polar surface area (TPSA) is 25.2 Å². The lowest BCUT2D eigenvalue weighted by molar-refractivity contribution is -0.139. The summed E-state index contributed by atoms with van der Waals surface area (Å²) in [5.74, 6) is -1.18. The van der Waals surface area contributed by atoms with Crippen molar-refractivity contribution in [1.29, 1.82) is 0 Å². The molecule has 136 valence electrons. The number of alkyl halides is 6. The number of hydrogen-bond donors (Lipinski definition) is 1. The smallest absolute Gasteiger partial charge is 0.385 e. The van der Waals surface area contributed by atoms with Crippen LogP contribution in [0.5, 0.6) is 0 Å². The maximum absolute atomic E-state index is 13.7. The lowest BCUT2D eigenvalue weighted by atomic mass is 9.90. The number of aliphatic hydroxyl groups excluding tert-OH is 1. The molecule has 0 spiro atoms. The van der Waals surface area contributed by atoms with Crippen LogP contribution in [0.15, 0.2) is 24.4 Å². The number of benzene rings is 1. The first kappa shape index (κ1) is 17.8. The fourth-order valence-corrected chi connectivity index (χ4v) is 3.06. The minimum atomic E-state index is -4.86. The van der Waals surface area contributed by atoms with Crippen LogP contribution in [0.25, 0.3) is 5.69 Å². The molecule has 1 heterocycles. The van der Waals surface area contributed by atoms with E-state index in [0.29, 0.717) is 6.20 Å². The van der Waals surface area contributed by atoms with Gasteiger partial charge in [0.2, 0.25) is 0 Å². The predicted octanol–water partition coefficient (Wildman–Crippen LogP) is 4.89. The van der Waals surface area contributed by atoms with Crippen molar-refractivity contribution < 1.29 is 35.8 Å². The van der Waals surface area contributed by atoms with E-state index in [4.69, 9.17) is 0 Å². The molecule has 0 fully saturated rings. The molecule has 0 saturated heterocycles. The van der Waals surface area contributed by atoms with E-state index in [9.17, 15) is 35.8 Å². The van der Waals surface area contributed by atoms with Gasteiger partial charge in [-0.2, -0.15) is 13.2 Å². The predicted molar refractivity (Wildman–Crippen MR) is 73.9 cm³/mol. The van der Waals surface area contributed by atoms with Crippen LogP contribution in [-0.4, -0.2) is 15.8 Å². The third-order valence-corrected chi connectivity index (χ3v) is 4.24. The first-order valence-corrected chi connectivity index (χ1v) is 7.32. The van der Waals surface area contributed by atoms with Crippen molar-refractivity contribution >= 4 is 0 Å². The number of fused-ring (bicyclic) bond motifs is 1. The Morgan fingerprint density at radius 3 is 2.48 bits per heavy atom. The van der Waals surface area contributed by atoms with Crippen molar-refractivity contribution in [2.75, 3.05) is 0 Å². The standard InChI is InChI=1S/C16H12F7NO/c17-10-2-1-7(5-8(10)15(19)20)24-6-9(16(21,22)23)13-12(24)4-3-11(18)14(13)25/h1-2,5-6,11,14-15,25H,3-4H2. The Morgan fingerprint density at radius 1 is 1.20 bits per heavy atom. The summed E-state index contributed by atoms with van der Waals surface area (Å²) in [4.78, 5) is 0. The molecule has 0 aliphatic heterocycles. The summed E-state index contributed by atoms with van der Waals surface area (Å²) in [7, 11) is 0. The molecule has 9 heteroatoms. The Balaban J connectivity index is 2.22. The number of rotatable bonds is 2. The third kappa shape index (κ3) is 3.01. The van der Waals surface area contributed by atoms with Crippen molar-refractivity contribution in [3.05, 3.63) is 52.6 Å². The summed E-state index contributed by atoms with van der Waals surface area (Å²) >= 11 is 0. The highest BCUT2D eigenvalue weighted by Crippen LogP contribution is 2.43. The van der Waals surface area contributed by atoms with Gasteiger partial charge in [-0.05, 0) is 31.0 Å². The summed E-state index contributed by atoms with van der Waals surface area (Å²) in [6, 6.07) is 2.53. The number of aliphatic hydroxyl groups is 1. The van der Waals surface area contributed by atoms with E-state index in [1.807, 2.05) is 0 Å². The Bertz CT molecular complexity index is 797. The molecule has 2 unspecified atom stereocenters. The fraction of sp³-hybridized carbons (Fsp3) is 0.375. The summed E-state index contributed by atoms with van der Waals surface area (Å²) in [5, 5.41) is 9.85. The Hall–Kier alpha value is -2.03. The van der Waals surface area contributed by atoms with E-state index in [1.165, 1.54) is 0 Å². The second-order valence-corrected chi connectivity index (χ2v) is 5.78. The van der Waals surface area contributed by atoms with Gasteiger partial charge in [0.15, 0.2) is 0 Å². The van der Waals surface area contributed by atoms with Gasteiger partial charge in [0.1, 0.15) is 18.1 Å². The monoisotopic (exact) mass is 367 g/mol. The minimum Gasteiger partial charge on any atom is -0.385 e. The Morgan fingerprint density at radius 2 is 1.88 bits per heavy atom. The molecule has 1 N–H and O–H groups in total. The molecule has 0 radical (unpaired) electrons. The zero-order valence-corrected chi connectivity index (χ0v) is 12.5. The van der Waals surface area contributed by atoms with E-state index >= 15 is 0 Å². The minimum absolute atomic E-state index is 0.0273. The lowest BCUT2D eigenvalue weighted by Crippen LogP contribution is -2.24. The number of halogens is 7. The maximum atomic E-state index is 13.7. The molecule has 0 saturated carbocycles. The SMILES string of the molecule is OC1c2c(C(F)(F)F)cn(-c3ccc(F)c(C(F)F)c3)c2CCC1F. The molecule has 2 nitrogen and oxygen atoms in total. The quantitative estimate of drug-likeness (QED) is 0.752. The van der Waals surface area contributed by atoms with Crippen molar-refractivity contribution in [2.24, 2.45) is 0 Å². The molecule has 1 aliphatic rings. The Kier molecular flexibility index (Phi) is 4.30. The Labute approximate surface area is 137 Å². The third-order valence-electron chi connectivity index (χ3n) is 4.24. The molecule has 2 atom stereocenters. The number of aromatic nitrogens is 1. The van der Waals surface area contributed by atoms with Gasteiger partial charge in [-0.15, -0.1) is 0 Å². The van der Waals surface area contributed by atoms with Gasteiger partial charge in [0.25, 0.3) is 6.43 Å². The van der Waals surface area contributed by atoms with E-state index in [-0.39, 0.29) is 24.2 Å². The van der Waals surface area contributed by atoms with E-state index < -0.39 is 47.4 Å². The van der Waals surface area contributed by atoms with Crippen LogP contribution in [0, 0.1) is 5.82 Å². The van der Waals surface area contributed by atoms with Gasteiger partial charge in [-0.25, -0.2) is 17.6 Å². The maximum Gasteiger partial charge on any atom is 0.418 e. The summed E-state index contributed by atoms with van der Waals surface area (Å²) < 4.78 is 93.5. The van der Waals surface area contributed by atoms with E-state index in [0.717, 1.165) is 22.8 Å². The zero-order chi connectivity index (χ0) is 18.5. The second kappa shape index (κ2) is 6.05. The number of nitrogens with zero attached hydrogens (tertiary/aromatic N) is 1. The van der Waals surface area contributed by atoms with Crippen LogP contribution in [0.1, 0.15) is 41.3 Å². The zero-order valence-electron chi connectivity index (χ0n) is 12.5. The average Bonchev–Trinajstić information content (AvgIpc) is 2.91. The normalized spacial score (nSPS) is 20.8. The van der Waals surface area contributed by atoms with Crippen molar-refractivity contribution in [2.45, 2.75) is 37.7 Å². The van der Waals surface area contributed by atoms with Crippen LogP contribution in [-0.2, 0) is 12.6 Å². The van der Waals surface area contributed by atoms with Crippen LogP contribution in [0.4, 0.5) is 30.7 Å². The van der Waals surface area contributed by atoms with Crippen LogP contribution < -0.4 is 0 Å². The highest BCUT2D eigenvalue weighted by atomic mass is 19.4. The van der Waals surface area contributed by atoms with Gasteiger partial charge in [0.05, 0.1) is 11.1 Å². The van der Waals surface area contributed by atoms with Crippen molar-refractivity contribution in [3.8, 4) is 5.69 Å². The summed E-state index contributed by atoms with van der Waals surface area (Å²) in [6.45, 7) is 0. The van der Waals surface area contributed by atoms with Gasteiger partial charge in [-0.1, -0.05) is 0 Å². The van der Waals surface area contributed by atoms with Gasteiger partial charge >= 0.3 is 6.18 Å². The van der Waals surface area contributed by atoms with Crippen LogP contribution in [0.2, 0.25) is 0 Å². The highest BCUT2D eigenvalue weighted by Gasteiger charge is 2.43. The summed E-state index contributed by atoms with van der Waals surface area (Å²) in [5.41, 5.74) is -2.93. The van der Waals surface area contributed by atoms with Gasteiger partial charge < -0.3 is 9.67 Å². The van der Waals surface area contributed by atoms with E-state index in [1.54, 1.807) is 0 Å². The average molecular weight is 367 g/mol. The van der Waals surface area contributed by atoms with E-state index in [2.05, 4.69) is 0 Å². The second-order valence-electron chi connectivity index (χ2n) is 5.78. The molecule has 0 amide bonds. The van der Waals surface area contributed by atoms with Gasteiger partial charge in [0, 0.05) is 23.1 Å². The van der Waals surface area contributed by atoms with Crippen LogP contribution in [0.3, 0.4) is 0 Å². The molecule has 1 aromatic heterocycles. The molecule has 1 aliphatic carbocycles. The summed E-state index contributed by atoms with van der Waals surface area (Å²) in [6.07, 6.45) is -11.5. The highest BCUT2D eigenvalue weighted by molar-refractivity contribution is 5.47. The molecule has 3 rings (SSSR count). The molecule has 25 heavy (non-hydrogen) atoms. The number of hydrogen-bond acceptors (Lipinski definition) is 1. The first-order chi connectivity index (χ1) is 11.6. The molecular weight excluding hydrogens is 355 g/mol. The van der Waals surface area contributed by atoms with Crippen molar-refractivity contribution in [1.82, 2.24) is 4.57 Å². The molecule has 1 aromatic carbocycles. The van der Waals surface area contributed by atoms with Crippen LogP contribution >= 0.6 is 0 Å². The molecule has 2 aromatic rings. The fourth-order valence-electron chi connectivity index (χ4n) is 3.06. The largest absolute Gasteiger partial charge is 0.418 e. The van der Waals surface area contributed by atoms with Gasteiger partial charge in [-0.3, -0.25) is 0 Å². The first-order valence-electron chi connectivity index (χ1n) is 7.32. The molecular formula is C16H12F7NO. The lowest BCUT2D eigenvalue weighted by Gasteiger charge is -2.25. The molecule has 0 bridgehead atoms. The van der Waals surface area contributed by atoms with Crippen molar-refractivity contribution in [3.63, 3.8) is 0 Å².